The maximum Gasteiger partial charge on any atom is 0.252 e. The number of aromatic nitrogens is 1. The number of anilines is 1. The highest BCUT2D eigenvalue weighted by molar-refractivity contribution is 6.30. The summed E-state index contributed by atoms with van der Waals surface area (Å²) in [6.07, 6.45) is 1.60. The number of hydrogen-bond acceptors (Lipinski definition) is 5. The predicted octanol–water partition coefficient (Wildman–Crippen LogP) is 4.62. The van der Waals surface area contributed by atoms with E-state index in [4.69, 9.17) is 16.0 Å². The number of benzene rings is 2. The van der Waals surface area contributed by atoms with Crippen LogP contribution in [0.3, 0.4) is 0 Å². The maximum atomic E-state index is 9.19. The van der Waals surface area contributed by atoms with Crippen LogP contribution < -0.4 is 5.43 Å². The minimum Gasteiger partial charge on any atom is -0.417 e. The molecular weight excluding hydrogens is 324 g/mol. The average Bonchev–Trinajstić information content (AvgIpc) is 3.00. The predicted molar refractivity (Wildman–Crippen MR) is 94.1 cm³/mol. The third kappa shape index (κ3) is 3.62. The fourth-order valence-electron chi connectivity index (χ4n) is 2.01. The number of halogens is 1. The van der Waals surface area contributed by atoms with Crippen molar-refractivity contribution >= 4 is 23.7 Å². The van der Waals surface area contributed by atoms with Gasteiger partial charge in [-0.1, -0.05) is 41.4 Å². The van der Waals surface area contributed by atoms with E-state index >= 15 is 0 Å². The van der Waals surface area contributed by atoms with Gasteiger partial charge in [-0.2, -0.15) is 15.3 Å². The summed E-state index contributed by atoms with van der Waals surface area (Å²) >= 11 is 5.83. The molecule has 0 saturated heterocycles. The van der Waals surface area contributed by atoms with Crippen molar-refractivity contribution in [1.29, 1.82) is 5.26 Å². The van der Waals surface area contributed by atoms with E-state index in [-0.39, 0.29) is 11.6 Å². The van der Waals surface area contributed by atoms with Crippen LogP contribution in [0.1, 0.15) is 16.8 Å². The fourth-order valence-corrected chi connectivity index (χ4v) is 2.13. The van der Waals surface area contributed by atoms with Crippen LogP contribution in [0.15, 0.2) is 58.0 Å². The van der Waals surface area contributed by atoms with Gasteiger partial charge in [0.05, 0.1) is 6.21 Å². The molecule has 0 bridgehead atoms. The van der Waals surface area contributed by atoms with E-state index in [2.05, 4.69) is 15.5 Å². The van der Waals surface area contributed by atoms with Crippen LogP contribution in [0.4, 0.5) is 5.88 Å². The van der Waals surface area contributed by atoms with Gasteiger partial charge in [0.25, 0.3) is 5.88 Å². The molecule has 2 aromatic carbocycles. The van der Waals surface area contributed by atoms with Crippen molar-refractivity contribution in [3.8, 4) is 17.5 Å². The molecule has 1 heterocycles. The SMILES string of the molecule is Cc1ccc(-c2nc(C#N)c(NN=Cc3ccc(Cl)cc3)o2)cc1. The van der Waals surface area contributed by atoms with Crippen molar-refractivity contribution in [2.45, 2.75) is 6.92 Å². The topological polar surface area (TPSA) is 74.2 Å². The second-order valence-corrected chi connectivity index (χ2v) is 5.53. The lowest BCUT2D eigenvalue weighted by Crippen LogP contribution is -1.91. The Balaban J connectivity index is 1.79. The maximum absolute atomic E-state index is 9.19. The summed E-state index contributed by atoms with van der Waals surface area (Å²) in [4.78, 5) is 4.18. The molecule has 24 heavy (non-hydrogen) atoms. The average molecular weight is 337 g/mol. The molecule has 0 aliphatic rings. The van der Waals surface area contributed by atoms with Crippen LogP contribution in [-0.4, -0.2) is 11.2 Å². The highest BCUT2D eigenvalue weighted by Crippen LogP contribution is 2.25. The summed E-state index contributed by atoms with van der Waals surface area (Å²) < 4.78 is 5.61. The van der Waals surface area contributed by atoms with Crippen LogP contribution in [-0.2, 0) is 0 Å². The smallest absolute Gasteiger partial charge is 0.252 e. The zero-order valence-corrected chi connectivity index (χ0v) is 13.6. The highest BCUT2D eigenvalue weighted by atomic mass is 35.5. The number of nitrogens with zero attached hydrogens (tertiary/aromatic N) is 3. The van der Waals surface area contributed by atoms with Crippen molar-refractivity contribution in [3.63, 3.8) is 0 Å². The number of rotatable bonds is 4. The monoisotopic (exact) mass is 336 g/mol. The van der Waals surface area contributed by atoms with Crippen LogP contribution in [0, 0.1) is 18.3 Å². The molecule has 0 unspecified atom stereocenters. The standard InChI is InChI=1S/C18H13ClN4O/c1-12-2-6-14(7-3-12)17-22-16(10-20)18(24-17)23-21-11-13-4-8-15(19)9-5-13/h2-9,11,23H,1H3. The Kier molecular flexibility index (Phi) is 4.59. The third-order valence-corrected chi connectivity index (χ3v) is 3.53. The van der Waals surface area contributed by atoms with E-state index in [9.17, 15) is 5.26 Å². The zero-order valence-electron chi connectivity index (χ0n) is 12.8. The van der Waals surface area contributed by atoms with E-state index in [1.807, 2.05) is 49.4 Å². The number of nitrogens with one attached hydrogen (secondary N) is 1. The Morgan fingerprint density at radius 2 is 1.88 bits per heavy atom. The van der Waals surface area contributed by atoms with Gasteiger partial charge < -0.3 is 4.42 Å². The molecule has 0 saturated carbocycles. The van der Waals surface area contributed by atoms with Crippen LogP contribution in [0.2, 0.25) is 5.02 Å². The van der Waals surface area contributed by atoms with E-state index in [1.54, 1.807) is 18.3 Å². The molecular formula is C18H13ClN4O. The van der Waals surface area contributed by atoms with Crippen LogP contribution in [0.25, 0.3) is 11.5 Å². The lowest BCUT2D eigenvalue weighted by molar-refractivity contribution is 0.587. The van der Waals surface area contributed by atoms with E-state index in [0.29, 0.717) is 10.9 Å². The lowest BCUT2D eigenvalue weighted by atomic mass is 10.1. The van der Waals surface area contributed by atoms with Gasteiger partial charge in [0.1, 0.15) is 6.07 Å². The fraction of sp³-hybridized carbons (Fsp3) is 0.0556. The summed E-state index contributed by atoms with van der Waals surface area (Å²) in [5.41, 5.74) is 5.66. The second kappa shape index (κ2) is 6.99. The summed E-state index contributed by atoms with van der Waals surface area (Å²) in [6, 6.07) is 16.9. The number of hydrazone groups is 1. The summed E-state index contributed by atoms with van der Waals surface area (Å²) in [5, 5.41) is 13.9. The molecule has 5 nitrogen and oxygen atoms in total. The Morgan fingerprint density at radius 1 is 1.17 bits per heavy atom. The van der Waals surface area contributed by atoms with E-state index in [0.717, 1.165) is 16.7 Å². The van der Waals surface area contributed by atoms with Crippen LogP contribution >= 0.6 is 11.6 Å². The molecule has 0 radical (unpaired) electrons. The first kappa shape index (κ1) is 15.8. The van der Waals surface area contributed by atoms with Crippen LogP contribution in [0.5, 0.6) is 0 Å². The van der Waals surface area contributed by atoms with Gasteiger partial charge in [0.15, 0.2) is 0 Å². The second-order valence-electron chi connectivity index (χ2n) is 5.10. The van der Waals surface area contributed by atoms with Crippen molar-refractivity contribution in [1.82, 2.24) is 4.98 Å². The Bertz CT molecular complexity index is 906. The first-order valence-electron chi connectivity index (χ1n) is 7.18. The van der Waals surface area contributed by atoms with Gasteiger partial charge in [-0.05, 0) is 36.8 Å². The van der Waals surface area contributed by atoms with Crippen molar-refractivity contribution in [3.05, 3.63) is 70.4 Å². The van der Waals surface area contributed by atoms with Crippen molar-refractivity contribution in [2.75, 3.05) is 5.43 Å². The van der Waals surface area contributed by atoms with Gasteiger partial charge in [-0.25, -0.2) is 5.43 Å². The van der Waals surface area contributed by atoms with E-state index < -0.39 is 0 Å². The van der Waals surface area contributed by atoms with Gasteiger partial charge in [-0.15, -0.1) is 0 Å². The first-order chi connectivity index (χ1) is 11.7. The van der Waals surface area contributed by atoms with Crippen molar-refractivity contribution in [2.24, 2.45) is 5.10 Å². The summed E-state index contributed by atoms with van der Waals surface area (Å²) in [5.74, 6) is 0.578. The van der Waals surface area contributed by atoms with Gasteiger partial charge in [0.2, 0.25) is 11.6 Å². The Labute approximate surface area is 144 Å². The number of hydrogen-bond donors (Lipinski definition) is 1. The van der Waals surface area contributed by atoms with Gasteiger partial charge in [-0.3, -0.25) is 0 Å². The number of oxazole rings is 1. The van der Waals surface area contributed by atoms with Crippen molar-refractivity contribution < 1.29 is 4.42 Å². The third-order valence-electron chi connectivity index (χ3n) is 3.28. The Morgan fingerprint density at radius 3 is 2.54 bits per heavy atom. The molecule has 118 valence electrons. The minimum atomic E-state index is 0.152. The quantitative estimate of drug-likeness (QED) is 0.557. The molecule has 0 atom stereocenters. The molecule has 0 aliphatic heterocycles. The molecule has 1 N–H and O–H groups in total. The lowest BCUT2D eigenvalue weighted by Gasteiger charge is -1.97. The van der Waals surface area contributed by atoms with Gasteiger partial charge in [0, 0.05) is 10.6 Å². The zero-order chi connectivity index (χ0) is 16.9. The molecule has 6 heteroatoms. The first-order valence-corrected chi connectivity index (χ1v) is 7.56. The number of aryl methyl sites for hydroxylation is 1. The molecule has 1 aromatic heterocycles. The van der Waals surface area contributed by atoms with Gasteiger partial charge >= 0.3 is 0 Å². The van der Waals surface area contributed by atoms with E-state index in [1.165, 1.54) is 0 Å². The molecule has 0 amide bonds. The molecule has 3 aromatic rings. The molecule has 0 fully saturated rings. The normalized spacial score (nSPS) is 10.7. The highest BCUT2D eigenvalue weighted by Gasteiger charge is 2.13. The minimum absolute atomic E-state index is 0.152. The largest absolute Gasteiger partial charge is 0.417 e. The summed E-state index contributed by atoms with van der Waals surface area (Å²) in [6.45, 7) is 2.00. The summed E-state index contributed by atoms with van der Waals surface area (Å²) in [7, 11) is 0. The number of nitriles is 1. The molecule has 3 rings (SSSR count). The molecule has 0 spiro atoms. The Hall–Kier alpha value is -3.10. The molecule has 0 aliphatic carbocycles.